The second-order valence-electron chi connectivity index (χ2n) is 3.98. The average Bonchev–Trinajstić information content (AvgIpc) is 2.32. The van der Waals surface area contributed by atoms with Crippen molar-refractivity contribution in [3.8, 4) is 11.4 Å². The third-order valence-corrected chi connectivity index (χ3v) is 3.11. The number of nitrogens with one attached hydrogen (secondary N) is 1. The highest BCUT2D eigenvalue weighted by molar-refractivity contribution is 6.33. The van der Waals surface area contributed by atoms with E-state index < -0.39 is 0 Å². The molecular formula is C13H13ClFN3. The molecule has 2 rings (SSSR count). The quantitative estimate of drug-likeness (QED) is 0.902. The number of halogens is 2. The van der Waals surface area contributed by atoms with Crippen molar-refractivity contribution in [3.63, 3.8) is 0 Å². The molecule has 0 amide bonds. The molecule has 0 fully saturated rings. The molecule has 1 aromatic carbocycles. The molecule has 0 atom stereocenters. The fourth-order valence-electron chi connectivity index (χ4n) is 1.66. The van der Waals surface area contributed by atoms with Gasteiger partial charge in [0.25, 0.3) is 0 Å². The van der Waals surface area contributed by atoms with Crippen molar-refractivity contribution in [2.24, 2.45) is 0 Å². The Labute approximate surface area is 110 Å². The molecule has 18 heavy (non-hydrogen) atoms. The number of hydrogen-bond donors (Lipinski definition) is 1. The number of hydrogen-bond acceptors (Lipinski definition) is 3. The molecule has 0 spiro atoms. The fourth-order valence-corrected chi connectivity index (χ4v) is 1.92. The second-order valence-corrected chi connectivity index (χ2v) is 4.39. The standard InChI is InChI=1S/C13H13ClFN3/c1-7-8(2)17-13(18-12(7)16-3)10-5-4-9(15)6-11(10)14/h4-6H,1-3H3,(H,16,17,18). The van der Waals surface area contributed by atoms with E-state index in [1.54, 1.807) is 13.1 Å². The van der Waals surface area contributed by atoms with Gasteiger partial charge in [0.1, 0.15) is 11.6 Å². The molecule has 94 valence electrons. The summed E-state index contributed by atoms with van der Waals surface area (Å²) in [6.45, 7) is 3.84. The molecule has 1 heterocycles. The molecule has 1 N–H and O–H groups in total. The first kappa shape index (κ1) is 12.8. The highest BCUT2D eigenvalue weighted by Crippen LogP contribution is 2.28. The third-order valence-electron chi connectivity index (χ3n) is 2.80. The van der Waals surface area contributed by atoms with Gasteiger partial charge in [-0.1, -0.05) is 11.6 Å². The molecule has 0 bridgehead atoms. The monoisotopic (exact) mass is 265 g/mol. The van der Waals surface area contributed by atoms with E-state index >= 15 is 0 Å². The lowest BCUT2D eigenvalue weighted by molar-refractivity contribution is 0.628. The molecule has 0 radical (unpaired) electrons. The lowest BCUT2D eigenvalue weighted by atomic mass is 10.2. The number of rotatable bonds is 2. The smallest absolute Gasteiger partial charge is 0.163 e. The highest BCUT2D eigenvalue weighted by atomic mass is 35.5. The van der Waals surface area contributed by atoms with Gasteiger partial charge in [0, 0.05) is 23.9 Å². The van der Waals surface area contributed by atoms with Gasteiger partial charge in [-0.3, -0.25) is 0 Å². The highest BCUT2D eigenvalue weighted by Gasteiger charge is 2.11. The third kappa shape index (κ3) is 2.29. The van der Waals surface area contributed by atoms with Crippen molar-refractivity contribution in [1.29, 1.82) is 0 Å². The summed E-state index contributed by atoms with van der Waals surface area (Å²) in [5.41, 5.74) is 2.47. The molecule has 3 nitrogen and oxygen atoms in total. The van der Waals surface area contributed by atoms with E-state index in [1.807, 2.05) is 13.8 Å². The Morgan fingerprint density at radius 2 is 1.94 bits per heavy atom. The molecule has 0 saturated heterocycles. The number of benzene rings is 1. The van der Waals surface area contributed by atoms with E-state index in [2.05, 4.69) is 15.3 Å². The van der Waals surface area contributed by atoms with Crippen LogP contribution < -0.4 is 5.32 Å². The first-order chi connectivity index (χ1) is 8.52. The van der Waals surface area contributed by atoms with Crippen LogP contribution in [0.2, 0.25) is 5.02 Å². The molecule has 0 aliphatic rings. The van der Waals surface area contributed by atoms with Crippen LogP contribution in [0.3, 0.4) is 0 Å². The van der Waals surface area contributed by atoms with Crippen LogP contribution in [-0.2, 0) is 0 Å². The van der Waals surface area contributed by atoms with Crippen LogP contribution in [0.5, 0.6) is 0 Å². The van der Waals surface area contributed by atoms with Crippen molar-refractivity contribution >= 4 is 17.4 Å². The Kier molecular flexibility index (Phi) is 3.48. The van der Waals surface area contributed by atoms with Crippen LogP contribution in [0.15, 0.2) is 18.2 Å². The molecule has 0 saturated carbocycles. The van der Waals surface area contributed by atoms with Gasteiger partial charge in [-0.2, -0.15) is 0 Å². The summed E-state index contributed by atoms with van der Waals surface area (Å²) in [6, 6.07) is 4.19. The Hall–Kier alpha value is -1.68. The molecular weight excluding hydrogens is 253 g/mol. The van der Waals surface area contributed by atoms with Crippen LogP contribution in [-0.4, -0.2) is 17.0 Å². The van der Waals surface area contributed by atoms with Gasteiger partial charge in [-0.25, -0.2) is 14.4 Å². The molecule has 5 heteroatoms. The van der Waals surface area contributed by atoms with Gasteiger partial charge in [0.15, 0.2) is 5.82 Å². The summed E-state index contributed by atoms with van der Waals surface area (Å²) in [4.78, 5) is 8.77. The van der Waals surface area contributed by atoms with Gasteiger partial charge in [0.2, 0.25) is 0 Å². The molecule has 0 unspecified atom stereocenters. The van der Waals surface area contributed by atoms with Crippen molar-refractivity contribution in [2.45, 2.75) is 13.8 Å². The number of nitrogens with zero attached hydrogens (tertiary/aromatic N) is 2. The first-order valence-corrected chi connectivity index (χ1v) is 5.89. The van der Waals surface area contributed by atoms with E-state index in [0.717, 1.165) is 17.1 Å². The molecule has 0 aliphatic carbocycles. The molecule has 2 aromatic rings. The second kappa shape index (κ2) is 4.90. The van der Waals surface area contributed by atoms with Gasteiger partial charge in [0.05, 0.1) is 5.02 Å². The zero-order chi connectivity index (χ0) is 13.3. The summed E-state index contributed by atoms with van der Waals surface area (Å²) in [6.07, 6.45) is 0. The van der Waals surface area contributed by atoms with Crippen molar-refractivity contribution in [1.82, 2.24) is 9.97 Å². The Balaban J connectivity index is 2.60. The normalized spacial score (nSPS) is 10.5. The minimum atomic E-state index is -0.374. The number of anilines is 1. The Morgan fingerprint density at radius 1 is 1.22 bits per heavy atom. The molecule has 1 aromatic heterocycles. The zero-order valence-corrected chi connectivity index (χ0v) is 11.1. The minimum absolute atomic E-state index is 0.306. The van der Waals surface area contributed by atoms with Crippen LogP contribution in [0.4, 0.5) is 10.2 Å². The zero-order valence-electron chi connectivity index (χ0n) is 10.4. The van der Waals surface area contributed by atoms with Gasteiger partial charge in [-0.15, -0.1) is 0 Å². The van der Waals surface area contributed by atoms with E-state index in [1.165, 1.54) is 12.1 Å². The fraction of sp³-hybridized carbons (Fsp3) is 0.231. The lowest BCUT2D eigenvalue weighted by Gasteiger charge is -2.10. The predicted octanol–water partition coefficient (Wildman–Crippen LogP) is 3.59. The van der Waals surface area contributed by atoms with Crippen LogP contribution in [0.1, 0.15) is 11.3 Å². The maximum atomic E-state index is 13.0. The topological polar surface area (TPSA) is 37.8 Å². The van der Waals surface area contributed by atoms with E-state index in [-0.39, 0.29) is 5.82 Å². The van der Waals surface area contributed by atoms with Crippen LogP contribution in [0.25, 0.3) is 11.4 Å². The summed E-state index contributed by atoms with van der Waals surface area (Å²) < 4.78 is 13.0. The summed E-state index contributed by atoms with van der Waals surface area (Å²) in [7, 11) is 1.80. The van der Waals surface area contributed by atoms with E-state index in [0.29, 0.717) is 16.4 Å². The SMILES string of the molecule is CNc1nc(-c2ccc(F)cc2Cl)nc(C)c1C. The van der Waals surface area contributed by atoms with E-state index in [9.17, 15) is 4.39 Å². The van der Waals surface area contributed by atoms with E-state index in [4.69, 9.17) is 11.6 Å². The summed E-state index contributed by atoms with van der Waals surface area (Å²) in [5.74, 6) is 0.867. The Morgan fingerprint density at radius 3 is 2.56 bits per heavy atom. The average molecular weight is 266 g/mol. The van der Waals surface area contributed by atoms with Crippen molar-refractivity contribution in [2.75, 3.05) is 12.4 Å². The Bertz CT molecular complexity index is 599. The number of aromatic nitrogens is 2. The summed E-state index contributed by atoms with van der Waals surface area (Å²) in [5, 5.41) is 3.31. The van der Waals surface area contributed by atoms with Crippen molar-refractivity contribution in [3.05, 3.63) is 40.3 Å². The van der Waals surface area contributed by atoms with Gasteiger partial charge >= 0.3 is 0 Å². The molecule has 0 aliphatic heterocycles. The van der Waals surface area contributed by atoms with Crippen LogP contribution >= 0.6 is 11.6 Å². The largest absolute Gasteiger partial charge is 0.373 e. The van der Waals surface area contributed by atoms with Gasteiger partial charge < -0.3 is 5.32 Å². The maximum absolute atomic E-state index is 13.0. The minimum Gasteiger partial charge on any atom is -0.373 e. The summed E-state index contributed by atoms with van der Waals surface area (Å²) >= 11 is 6.01. The van der Waals surface area contributed by atoms with Gasteiger partial charge in [-0.05, 0) is 32.0 Å². The predicted molar refractivity (Wildman–Crippen MR) is 71.5 cm³/mol. The first-order valence-electron chi connectivity index (χ1n) is 5.51. The van der Waals surface area contributed by atoms with Crippen LogP contribution in [0, 0.1) is 19.7 Å². The maximum Gasteiger partial charge on any atom is 0.163 e. The number of aryl methyl sites for hydroxylation is 1. The lowest BCUT2D eigenvalue weighted by Crippen LogP contribution is -2.03. The van der Waals surface area contributed by atoms with Crippen molar-refractivity contribution < 1.29 is 4.39 Å².